The van der Waals surface area contributed by atoms with Gasteiger partial charge >= 0.3 is 0 Å². The molecule has 1 atom stereocenters. The highest BCUT2D eigenvalue weighted by molar-refractivity contribution is 8.13. The van der Waals surface area contributed by atoms with Crippen LogP contribution in [0, 0.1) is 5.82 Å². The van der Waals surface area contributed by atoms with Crippen LogP contribution < -0.4 is 11.1 Å². The van der Waals surface area contributed by atoms with Gasteiger partial charge in [0.2, 0.25) is 0 Å². The van der Waals surface area contributed by atoms with Crippen LogP contribution in [0.3, 0.4) is 0 Å². The fourth-order valence-corrected chi connectivity index (χ4v) is 6.54. The second-order valence-electron chi connectivity index (χ2n) is 6.49. The highest BCUT2D eigenvalue weighted by Gasteiger charge is 2.30. The Balaban J connectivity index is 1.92. The summed E-state index contributed by atoms with van der Waals surface area (Å²) in [7, 11) is -3.57. The molecule has 0 spiro atoms. The number of hydrogen-bond acceptors (Lipinski definition) is 7. The molecule has 0 aliphatic carbocycles. The number of anilines is 1. The first-order valence-electron chi connectivity index (χ1n) is 8.08. The average molecular weight is 462 g/mol. The molecule has 150 valence electrons. The zero-order valence-electron chi connectivity index (χ0n) is 15.0. The Bertz CT molecular complexity index is 1080. The van der Waals surface area contributed by atoms with Gasteiger partial charge in [-0.05, 0) is 31.0 Å². The van der Waals surface area contributed by atoms with Crippen molar-refractivity contribution < 1.29 is 17.6 Å². The van der Waals surface area contributed by atoms with Crippen LogP contribution >= 0.6 is 34.7 Å². The molecule has 2 aromatic rings. The predicted octanol–water partition coefficient (Wildman–Crippen LogP) is 3.86. The molecule has 0 fully saturated rings. The molecule has 1 aliphatic heterocycles. The number of halogens is 2. The van der Waals surface area contributed by atoms with Gasteiger partial charge in [-0.25, -0.2) is 12.8 Å². The summed E-state index contributed by atoms with van der Waals surface area (Å²) >= 11 is 8.38. The lowest BCUT2D eigenvalue weighted by Gasteiger charge is -2.30. The van der Waals surface area contributed by atoms with Crippen molar-refractivity contribution in [1.82, 2.24) is 0 Å². The van der Waals surface area contributed by atoms with Crippen molar-refractivity contribution in [1.29, 1.82) is 0 Å². The monoisotopic (exact) mass is 461 g/mol. The van der Waals surface area contributed by atoms with Crippen molar-refractivity contribution in [2.24, 2.45) is 10.7 Å². The lowest BCUT2D eigenvalue weighted by molar-refractivity contribution is 0.103. The van der Waals surface area contributed by atoms with E-state index < -0.39 is 27.1 Å². The van der Waals surface area contributed by atoms with Crippen LogP contribution in [-0.4, -0.2) is 31.5 Å². The van der Waals surface area contributed by atoms with Crippen molar-refractivity contribution in [3.8, 4) is 0 Å². The molecule has 1 aromatic carbocycles. The average Bonchev–Trinajstić information content (AvgIpc) is 2.98. The molecule has 11 heteroatoms. The number of amidine groups is 1. The summed E-state index contributed by atoms with van der Waals surface area (Å²) in [5.41, 5.74) is 5.88. The summed E-state index contributed by atoms with van der Waals surface area (Å²) in [5, 5.41) is 4.05. The number of nitrogens with two attached hydrogens (primary N) is 1. The topological polar surface area (TPSA) is 102 Å². The normalized spacial score (nSPS) is 19.9. The van der Waals surface area contributed by atoms with Crippen molar-refractivity contribution >= 4 is 61.3 Å². The number of thiophene rings is 1. The van der Waals surface area contributed by atoms with Gasteiger partial charge < -0.3 is 11.1 Å². The summed E-state index contributed by atoms with van der Waals surface area (Å²) in [6.45, 7) is 1.90. The van der Waals surface area contributed by atoms with E-state index in [1.54, 1.807) is 6.07 Å². The van der Waals surface area contributed by atoms with Gasteiger partial charge in [0.25, 0.3) is 5.91 Å². The van der Waals surface area contributed by atoms with E-state index in [1.165, 1.54) is 29.3 Å². The number of hydrogen-bond donors (Lipinski definition) is 2. The molecular formula is C17H17ClFN3O3S3. The fourth-order valence-electron chi connectivity index (χ4n) is 2.76. The minimum absolute atomic E-state index is 0.00515. The minimum Gasteiger partial charge on any atom is -0.379 e. The number of carbonyl (C=O) groups excluding carboxylic acids is 1. The van der Waals surface area contributed by atoms with E-state index in [-0.39, 0.29) is 20.5 Å². The Morgan fingerprint density at radius 2 is 2.14 bits per heavy atom. The number of nitrogens with zero attached hydrogens (tertiary/aromatic N) is 1. The Labute approximate surface area is 175 Å². The Morgan fingerprint density at radius 3 is 2.75 bits per heavy atom. The van der Waals surface area contributed by atoms with Gasteiger partial charge in [0.1, 0.15) is 10.7 Å². The first-order chi connectivity index (χ1) is 13.0. The molecule has 28 heavy (non-hydrogen) atoms. The molecule has 1 aliphatic rings. The summed E-state index contributed by atoms with van der Waals surface area (Å²) < 4.78 is 37.7. The molecule has 0 radical (unpaired) electrons. The number of amides is 1. The van der Waals surface area contributed by atoms with Gasteiger partial charge in [0.15, 0.2) is 15.0 Å². The molecule has 3 N–H and O–H groups in total. The molecule has 0 saturated carbocycles. The van der Waals surface area contributed by atoms with Gasteiger partial charge in [0.05, 0.1) is 21.1 Å². The van der Waals surface area contributed by atoms with E-state index >= 15 is 0 Å². The summed E-state index contributed by atoms with van der Waals surface area (Å²) in [4.78, 5) is 16.9. The van der Waals surface area contributed by atoms with Crippen LogP contribution in [-0.2, 0) is 15.4 Å². The Morgan fingerprint density at radius 1 is 1.43 bits per heavy atom. The third kappa shape index (κ3) is 4.19. The number of nitrogens with one attached hydrogen (secondary N) is 1. The molecule has 1 amide bonds. The maximum atomic E-state index is 14.3. The van der Waals surface area contributed by atoms with Gasteiger partial charge in [0, 0.05) is 17.4 Å². The van der Waals surface area contributed by atoms with E-state index in [2.05, 4.69) is 10.3 Å². The number of carbonyl (C=O) groups is 1. The number of aliphatic imine (C=N–C) groups is 1. The highest BCUT2D eigenvalue weighted by atomic mass is 35.5. The molecule has 6 nitrogen and oxygen atoms in total. The SMILES string of the molecule is CC1(c2ccc(F)c(NC(=O)c3scc(S(C)(=O)=O)c3Cl)c2)CCSC(N)=N1. The zero-order valence-corrected chi connectivity index (χ0v) is 18.2. The van der Waals surface area contributed by atoms with Crippen molar-refractivity contribution in [2.45, 2.75) is 23.8 Å². The first-order valence-corrected chi connectivity index (χ1v) is 12.2. The number of rotatable bonds is 4. The summed E-state index contributed by atoms with van der Waals surface area (Å²) in [5.74, 6) is -0.531. The Kier molecular flexibility index (Phi) is 5.77. The van der Waals surface area contributed by atoms with Gasteiger partial charge in [-0.1, -0.05) is 29.4 Å². The highest BCUT2D eigenvalue weighted by Crippen LogP contribution is 2.37. The number of benzene rings is 1. The maximum Gasteiger partial charge on any atom is 0.267 e. The standard InChI is InChI=1S/C17H17ClFN3O3S3/c1-17(5-6-26-16(20)22-17)9-3-4-10(19)11(7-9)21-15(23)14-13(18)12(8-27-14)28(2,24)25/h3-4,7-8H,5-6H2,1-2H3,(H2,20,22)(H,21,23). The molecule has 0 bridgehead atoms. The molecule has 1 unspecified atom stereocenters. The lowest BCUT2D eigenvalue weighted by Crippen LogP contribution is -2.29. The number of sulfone groups is 1. The van der Waals surface area contributed by atoms with Crippen molar-refractivity contribution in [3.05, 3.63) is 44.9 Å². The van der Waals surface area contributed by atoms with Crippen LogP contribution in [0.5, 0.6) is 0 Å². The second-order valence-corrected chi connectivity index (χ2v) is 10.8. The van der Waals surface area contributed by atoms with Gasteiger partial charge in [-0.2, -0.15) is 0 Å². The lowest BCUT2D eigenvalue weighted by atomic mass is 9.89. The van der Waals surface area contributed by atoms with E-state index in [9.17, 15) is 17.6 Å². The molecule has 2 heterocycles. The quantitative estimate of drug-likeness (QED) is 0.719. The van der Waals surface area contributed by atoms with E-state index in [0.717, 1.165) is 23.3 Å². The molecule has 3 rings (SSSR count). The first kappa shape index (κ1) is 21.1. The smallest absolute Gasteiger partial charge is 0.267 e. The number of thioether (sulfide) groups is 1. The van der Waals surface area contributed by atoms with E-state index in [0.29, 0.717) is 17.2 Å². The van der Waals surface area contributed by atoms with Crippen LogP contribution in [0.25, 0.3) is 0 Å². The van der Waals surface area contributed by atoms with Crippen molar-refractivity contribution in [3.63, 3.8) is 0 Å². The van der Waals surface area contributed by atoms with Crippen molar-refractivity contribution in [2.75, 3.05) is 17.3 Å². The Hall–Kier alpha value is -1.62. The third-order valence-electron chi connectivity index (χ3n) is 4.34. The fraction of sp³-hybridized carbons (Fsp3) is 0.294. The van der Waals surface area contributed by atoms with E-state index in [1.807, 2.05) is 6.92 Å². The maximum absolute atomic E-state index is 14.3. The molecule has 0 saturated heterocycles. The van der Waals surface area contributed by atoms with E-state index in [4.69, 9.17) is 17.3 Å². The zero-order chi connectivity index (χ0) is 20.7. The van der Waals surface area contributed by atoms with Crippen LogP contribution in [0.15, 0.2) is 33.5 Å². The largest absolute Gasteiger partial charge is 0.379 e. The summed E-state index contributed by atoms with van der Waals surface area (Å²) in [6.07, 6.45) is 1.72. The summed E-state index contributed by atoms with van der Waals surface area (Å²) in [6, 6.07) is 4.37. The van der Waals surface area contributed by atoms with Crippen LogP contribution in [0.1, 0.15) is 28.6 Å². The van der Waals surface area contributed by atoms with Gasteiger partial charge in [-0.3, -0.25) is 9.79 Å². The predicted molar refractivity (Wildman–Crippen MR) is 113 cm³/mol. The molecule has 1 aromatic heterocycles. The van der Waals surface area contributed by atoms with Gasteiger partial charge in [-0.15, -0.1) is 11.3 Å². The van der Waals surface area contributed by atoms with Crippen LogP contribution in [0.4, 0.5) is 10.1 Å². The third-order valence-corrected chi connectivity index (χ3v) is 8.00. The minimum atomic E-state index is -3.57. The second kappa shape index (κ2) is 7.66. The molecular weight excluding hydrogens is 445 g/mol. The van der Waals surface area contributed by atoms with Crippen LogP contribution in [0.2, 0.25) is 5.02 Å².